The third-order valence-corrected chi connectivity index (χ3v) is 4.24. The molecule has 158 valence electrons. The van der Waals surface area contributed by atoms with E-state index in [0.717, 1.165) is 10.8 Å². The molecule has 31 heavy (non-hydrogen) atoms. The van der Waals surface area contributed by atoms with Crippen molar-refractivity contribution in [3.63, 3.8) is 0 Å². The first-order chi connectivity index (χ1) is 14.9. The summed E-state index contributed by atoms with van der Waals surface area (Å²) in [5.41, 5.74) is 1.39. The molecule has 8 heteroatoms. The second kappa shape index (κ2) is 10.0. The molecule has 3 aromatic rings. The fourth-order valence-corrected chi connectivity index (χ4v) is 2.86. The van der Waals surface area contributed by atoms with Crippen molar-refractivity contribution >= 4 is 45.8 Å². The van der Waals surface area contributed by atoms with E-state index in [1.807, 2.05) is 30.3 Å². The number of hydrogen-bond donors (Lipinski definition) is 3. The molecule has 3 rings (SSSR count). The predicted molar refractivity (Wildman–Crippen MR) is 117 cm³/mol. The predicted octanol–water partition coefficient (Wildman–Crippen LogP) is 2.71. The number of carbonyl (C=O) groups is 4. The zero-order valence-corrected chi connectivity index (χ0v) is 16.8. The van der Waals surface area contributed by atoms with Crippen LogP contribution in [0.1, 0.15) is 17.3 Å². The van der Waals surface area contributed by atoms with Crippen molar-refractivity contribution in [1.82, 2.24) is 5.32 Å². The highest BCUT2D eigenvalue weighted by Crippen LogP contribution is 2.16. The number of ether oxygens (including phenoxy) is 1. The molecule has 0 radical (unpaired) electrons. The number of amides is 3. The van der Waals surface area contributed by atoms with E-state index in [2.05, 4.69) is 16.0 Å². The number of nitrogens with one attached hydrogen (secondary N) is 3. The Hall–Kier alpha value is -4.20. The molecule has 3 amide bonds. The summed E-state index contributed by atoms with van der Waals surface area (Å²) in [6, 6.07) is 19.4. The van der Waals surface area contributed by atoms with E-state index in [-0.39, 0.29) is 12.5 Å². The van der Waals surface area contributed by atoms with Crippen molar-refractivity contribution in [1.29, 1.82) is 0 Å². The van der Waals surface area contributed by atoms with Gasteiger partial charge in [0.05, 0.1) is 0 Å². The van der Waals surface area contributed by atoms with Gasteiger partial charge in [-0.15, -0.1) is 0 Å². The summed E-state index contributed by atoms with van der Waals surface area (Å²) in [7, 11) is 0. The lowest BCUT2D eigenvalue weighted by Crippen LogP contribution is -2.32. The lowest BCUT2D eigenvalue weighted by molar-refractivity contribution is -0.146. The zero-order valence-electron chi connectivity index (χ0n) is 16.8. The van der Waals surface area contributed by atoms with Gasteiger partial charge in [-0.25, -0.2) is 0 Å². The van der Waals surface area contributed by atoms with E-state index in [9.17, 15) is 19.2 Å². The molecule has 0 aromatic heterocycles. The van der Waals surface area contributed by atoms with Gasteiger partial charge in [-0.05, 0) is 41.1 Å². The quantitative estimate of drug-likeness (QED) is 0.510. The maximum Gasteiger partial charge on any atom is 0.325 e. The van der Waals surface area contributed by atoms with Crippen molar-refractivity contribution in [3.8, 4) is 0 Å². The molecule has 0 saturated heterocycles. The first-order valence-corrected chi connectivity index (χ1v) is 9.51. The van der Waals surface area contributed by atoms with Crippen LogP contribution >= 0.6 is 0 Å². The molecule has 3 aromatic carbocycles. The third kappa shape index (κ3) is 6.40. The van der Waals surface area contributed by atoms with Crippen molar-refractivity contribution in [2.75, 3.05) is 23.8 Å². The number of carbonyl (C=O) groups excluding carboxylic acids is 4. The molecule has 0 aliphatic carbocycles. The van der Waals surface area contributed by atoms with Crippen molar-refractivity contribution in [2.24, 2.45) is 0 Å². The van der Waals surface area contributed by atoms with Gasteiger partial charge in [-0.1, -0.05) is 36.4 Å². The number of rotatable bonds is 7. The second-order valence-electron chi connectivity index (χ2n) is 6.72. The summed E-state index contributed by atoms with van der Waals surface area (Å²) in [6.07, 6.45) is 0. The van der Waals surface area contributed by atoms with Crippen molar-refractivity contribution < 1.29 is 23.9 Å². The van der Waals surface area contributed by atoms with Gasteiger partial charge in [-0.3, -0.25) is 19.2 Å². The van der Waals surface area contributed by atoms with E-state index < -0.39 is 24.4 Å². The Balaban J connectivity index is 1.44. The summed E-state index contributed by atoms with van der Waals surface area (Å²) in [6.45, 7) is 0.509. The van der Waals surface area contributed by atoms with Gasteiger partial charge in [0.25, 0.3) is 11.8 Å². The fraction of sp³-hybridized carbons (Fsp3) is 0.130. The maximum absolute atomic E-state index is 12.3. The topological polar surface area (TPSA) is 114 Å². The van der Waals surface area contributed by atoms with Crippen LogP contribution in [-0.4, -0.2) is 36.8 Å². The zero-order chi connectivity index (χ0) is 22.2. The lowest BCUT2D eigenvalue weighted by Gasteiger charge is -2.09. The van der Waals surface area contributed by atoms with Gasteiger partial charge in [0.2, 0.25) is 5.91 Å². The highest BCUT2D eigenvalue weighted by molar-refractivity contribution is 6.00. The van der Waals surface area contributed by atoms with Gasteiger partial charge in [0.15, 0.2) is 6.61 Å². The van der Waals surface area contributed by atoms with Crippen LogP contribution in [0.4, 0.5) is 11.4 Å². The Kier molecular flexibility index (Phi) is 6.95. The number of fused-ring (bicyclic) bond motifs is 1. The van der Waals surface area contributed by atoms with Crippen LogP contribution in [0.2, 0.25) is 0 Å². The lowest BCUT2D eigenvalue weighted by atomic mass is 10.1. The molecule has 3 N–H and O–H groups in total. The van der Waals surface area contributed by atoms with Crippen molar-refractivity contribution in [2.45, 2.75) is 6.92 Å². The summed E-state index contributed by atoms with van der Waals surface area (Å²) < 4.78 is 4.89. The smallest absolute Gasteiger partial charge is 0.325 e. The Morgan fingerprint density at radius 2 is 1.52 bits per heavy atom. The molecule has 0 saturated carbocycles. The van der Waals surface area contributed by atoms with E-state index in [1.165, 1.54) is 6.92 Å². The molecule has 0 atom stereocenters. The Morgan fingerprint density at radius 1 is 0.806 bits per heavy atom. The molecule has 0 bridgehead atoms. The fourth-order valence-electron chi connectivity index (χ4n) is 2.86. The Morgan fingerprint density at radius 3 is 2.26 bits per heavy atom. The Bertz CT molecular complexity index is 1140. The van der Waals surface area contributed by atoms with E-state index >= 15 is 0 Å². The SMILES string of the molecule is CC(=O)Nc1cccc(NC(=O)COC(=O)CNC(=O)c2ccc3ccccc3c2)c1. The third-order valence-electron chi connectivity index (χ3n) is 4.24. The van der Waals surface area contributed by atoms with Crippen molar-refractivity contribution in [3.05, 3.63) is 72.3 Å². The number of hydrogen-bond acceptors (Lipinski definition) is 5. The molecular weight excluding hydrogens is 398 g/mol. The molecular formula is C23H21N3O5. The van der Waals surface area contributed by atoms with Crippen LogP contribution in [0, 0.1) is 0 Å². The highest BCUT2D eigenvalue weighted by atomic mass is 16.5. The van der Waals surface area contributed by atoms with E-state index in [0.29, 0.717) is 16.9 Å². The Labute approximate surface area is 178 Å². The molecule has 0 aliphatic rings. The summed E-state index contributed by atoms with van der Waals surface area (Å²) >= 11 is 0. The van der Waals surface area contributed by atoms with Crippen LogP contribution in [0.25, 0.3) is 10.8 Å². The van der Waals surface area contributed by atoms with E-state index in [4.69, 9.17) is 4.74 Å². The monoisotopic (exact) mass is 419 g/mol. The van der Waals surface area contributed by atoms with Gasteiger partial charge in [-0.2, -0.15) is 0 Å². The second-order valence-corrected chi connectivity index (χ2v) is 6.72. The number of esters is 1. The first kappa shape index (κ1) is 21.5. The van der Waals surface area contributed by atoms with Crippen LogP contribution < -0.4 is 16.0 Å². The molecule has 0 unspecified atom stereocenters. The average Bonchev–Trinajstić information content (AvgIpc) is 2.75. The highest BCUT2D eigenvalue weighted by Gasteiger charge is 2.12. The largest absolute Gasteiger partial charge is 0.454 e. The van der Waals surface area contributed by atoms with Gasteiger partial charge in [0, 0.05) is 23.9 Å². The molecule has 0 heterocycles. The number of anilines is 2. The van der Waals surface area contributed by atoms with Gasteiger partial charge in [0.1, 0.15) is 6.54 Å². The first-order valence-electron chi connectivity index (χ1n) is 9.51. The maximum atomic E-state index is 12.3. The molecule has 8 nitrogen and oxygen atoms in total. The summed E-state index contributed by atoms with van der Waals surface area (Å²) in [5, 5.41) is 9.56. The van der Waals surface area contributed by atoms with Gasteiger partial charge >= 0.3 is 5.97 Å². The minimum atomic E-state index is -0.740. The van der Waals surface area contributed by atoms with Gasteiger partial charge < -0.3 is 20.7 Å². The minimum Gasteiger partial charge on any atom is -0.454 e. The van der Waals surface area contributed by atoms with Crippen LogP contribution in [0.3, 0.4) is 0 Å². The standard InChI is InChI=1S/C23H21N3O5/c1-15(27)25-19-7-4-8-20(12-19)26-21(28)14-31-22(29)13-24-23(30)18-10-9-16-5-2-3-6-17(16)11-18/h2-12H,13-14H2,1H3,(H,24,30)(H,25,27)(H,26,28). The summed E-state index contributed by atoms with van der Waals surface area (Å²) in [4.78, 5) is 47.2. The molecule has 0 spiro atoms. The minimum absolute atomic E-state index is 0.233. The molecule has 0 fully saturated rings. The summed E-state index contributed by atoms with van der Waals surface area (Å²) in [5.74, 6) is -1.93. The normalized spacial score (nSPS) is 10.2. The van der Waals surface area contributed by atoms with Crippen LogP contribution in [0.15, 0.2) is 66.7 Å². The average molecular weight is 419 g/mol. The van der Waals surface area contributed by atoms with E-state index in [1.54, 1.807) is 36.4 Å². The number of benzene rings is 3. The van der Waals surface area contributed by atoms with Crippen LogP contribution in [-0.2, 0) is 19.1 Å². The molecule has 0 aliphatic heterocycles. The van der Waals surface area contributed by atoms with Crippen LogP contribution in [0.5, 0.6) is 0 Å².